The fraction of sp³-hybridized carbons (Fsp3) is 0.944. The van der Waals surface area contributed by atoms with Crippen LogP contribution < -0.4 is 0 Å². The average Bonchev–Trinajstić information content (AvgIpc) is 3.71. The number of hydrogen-bond acceptors (Lipinski definition) is 0. The van der Waals surface area contributed by atoms with Crippen LogP contribution in [-0.4, -0.2) is 0 Å². The third kappa shape index (κ3) is 26.2. The van der Waals surface area contributed by atoms with Crippen molar-refractivity contribution in [3.63, 3.8) is 0 Å². The van der Waals surface area contributed by atoms with Crippen LogP contribution in [0.5, 0.6) is 0 Å². The maximum atomic E-state index is 2.79. The van der Waals surface area contributed by atoms with Gasteiger partial charge in [0.1, 0.15) is 0 Å². The van der Waals surface area contributed by atoms with Crippen molar-refractivity contribution in [2.24, 2.45) is 69.5 Å². The van der Waals surface area contributed by atoms with Gasteiger partial charge >= 0.3 is 0 Å². The van der Waals surface area contributed by atoms with E-state index in [1.165, 1.54) is 238 Å². The Balaban J connectivity index is 0.000000693. The summed E-state index contributed by atoms with van der Waals surface area (Å²) in [6.45, 7) is 35.7. The van der Waals surface area contributed by atoms with Crippen LogP contribution in [0.3, 0.4) is 0 Å². The van der Waals surface area contributed by atoms with E-state index < -0.39 is 0 Å². The number of unbranched alkanes of at least 4 members (excludes halogenated alkanes) is 21. The van der Waals surface area contributed by atoms with Gasteiger partial charge in [0, 0.05) is 0 Å². The second kappa shape index (κ2) is 42.5. The van der Waals surface area contributed by atoms with Crippen molar-refractivity contribution in [3.8, 4) is 0 Å². The molecule has 0 bridgehead atoms. The zero-order valence-electron chi connectivity index (χ0n) is 53.0. The minimum absolute atomic E-state index is 0.616. The highest BCUT2D eigenvalue weighted by Crippen LogP contribution is 2.73. The average molecular weight is 1010 g/mol. The van der Waals surface area contributed by atoms with E-state index in [0.29, 0.717) is 16.2 Å². The molecule has 0 aromatic rings. The summed E-state index contributed by atoms with van der Waals surface area (Å²) in [6.07, 6.45) is 68.9. The highest BCUT2D eigenvalue weighted by molar-refractivity contribution is 5.14. The van der Waals surface area contributed by atoms with Gasteiger partial charge in [-0.2, -0.15) is 0 Å². The molecule has 4 rings (SSSR count). The summed E-state index contributed by atoms with van der Waals surface area (Å²) >= 11 is 0. The SMILES string of the molecule is CC.CC.CC(C)CCCCC1CCC2C3(C)CC(C)C4CC(C)CC[C@]4(C)C3CC[C@]12C.CCCCC/C=C\C/C=C\CCCCCCCCCCC(CCCCCCCCCC)CC(C)CCCCC. The van der Waals surface area contributed by atoms with Crippen molar-refractivity contribution in [1.82, 2.24) is 0 Å². The standard InChI is InChI=1S/C39H76.C29H52.2C2H6/c1-5-8-11-13-15-17-18-19-20-21-22-23-24-25-26-28-30-33-36-39(37-38(4)34-31-10-7-3)35-32-29-27-16-14-12-9-6-2;1-20(2)10-8-9-11-23-12-13-25-27(23,5)17-15-26-28(6)16-14-21(3)18-24(28)22(4)19-29(25,26)7;2*1-2/h15,17,19-20,38-39H,5-14,16,18,21-37H2,1-4H3;20-26H,8-19H2,1-7H3;2*1-2H3/b17-15-,20-19-;;;/t;21?,22?,23?,24?,25?,26?,27-,28+,29?;;/m.1../s1. The molecule has 0 aliphatic heterocycles. The molecule has 428 valence electrons. The number of rotatable bonds is 37. The molecule has 4 fully saturated rings. The molecular formula is C72H140. The van der Waals surface area contributed by atoms with E-state index >= 15 is 0 Å². The Labute approximate surface area is 458 Å². The molecule has 0 saturated heterocycles. The van der Waals surface area contributed by atoms with Crippen molar-refractivity contribution in [1.29, 1.82) is 0 Å². The first kappa shape index (κ1) is 69.5. The highest BCUT2D eigenvalue weighted by Gasteiger charge is 2.65. The minimum atomic E-state index is 0.616. The van der Waals surface area contributed by atoms with Gasteiger partial charge in [-0.05, 0) is 159 Å². The van der Waals surface area contributed by atoms with Crippen molar-refractivity contribution in [2.45, 2.75) is 367 Å². The largest absolute Gasteiger partial charge is 0.0882 e. The second-order valence-corrected chi connectivity index (χ2v) is 26.8. The number of fused-ring (bicyclic) bond motifs is 5. The first-order valence-corrected chi connectivity index (χ1v) is 34.1. The van der Waals surface area contributed by atoms with Gasteiger partial charge in [-0.15, -0.1) is 0 Å². The minimum Gasteiger partial charge on any atom is -0.0882 e. The van der Waals surface area contributed by atoms with E-state index in [-0.39, 0.29) is 0 Å². The normalized spacial score (nSPS) is 28.6. The smallest absolute Gasteiger partial charge is 0.0169 e. The van der Waals surface area contributed by atoms with E-state index in [1.807, 2.05) is 27.7 Å². The monoisotopic (exact) mass is 1010 g/mol. The van der Waals surface area contributed by atoms with Crippen molar-refractivity contribution in [2.75, 3.05) is 0 Å². The Morgan fingerprint density at radius 3 is 1.49 bits per heavy atom. The summed E-state index contributed by atoms with van der Waals surface area (Å²) in [7, 11) is 0. The molecule has 0 nitrogen and oxygen atoms in total. The molecule has 4 aliphatic rings. The van der Waals surface area contributed by atoms with Crippen LogP contribution >= 0.6 is 0 Å². The molecule has 9 unspecified atom stereocenters. The maximum Gasteiger partial charge on any atom is -0.0169 e. The predicted molar refractivity (Wildman–Crippen MR) is 331 cm³/mol. The van der Waals surface area contributed by atoms with E-state index in [0.717, 1.165) is 59.7 Å². The third-order valence-electron chi connectivity index (χ3n) is 20.4. The van der Waals surface area contributed by atoms with Crippen LogP contribution in [0.25, 0.3) is 0 Å². The summed E-state index contributed by atoms with van der Waals surface area (Å²) in [4.78, 5) is 0. The molecule has 4 aliphatic carbocycles. The van der Waals surface area contributed by atoms with E-state index in [9.17, 15) is 0 Å². The van der Waals surface area contributed by atoms with E-state index in [1.54, 1.807) is 19.3 Å². The van der Waals surface area contributed by atoms with Crippen LogP contribution in [0.2, 0.25) is 0 Å². The van der Waals surface area contributed by atoms with E-state index in [4.69, 9.17) is 0 Å². The van der Waals surface area contributed by atoms with E-state index in [2.05, 4.69) is 100 Å². The van der Waals surface area contributed by atoms with Crippen LogP contribution in [0.1, 0.15) is 367 Å². The van der Waals surface area contributed by atoms with Gasteiger partial charge in [0.15, 0.2) is 0 Å². The summed E-state index contributed by atoms with van der Waals surface area (Å²) in [6, 6.07) is 0. The van der Waals surface area contributed by atoms with Gasteiger partial charge in [0.05, 0.1) is 0 Å². The fourth-order valence-corrected chi connectivity index (χ4v) is 16.5. The highest BCUT2D eigenvalue weighted by atomic mass is 14.7. The first-order valence-electron chi connectivity index (χ1n) is 34.1. The fourth-order valence-electron chi connectivity index (χ4n) is 16.5. The van der Waals surface area contributed by atoms with Crippen LogP contribution in [0.4, 0.5) is 0 Å². The zero-order chi connectivity index (χ0) is 53.5. The number of allylic oxidation sites excluding steroid dienone is 4. The van der Waals surface area contributed by atoms with Gasteiger partial charge in [-0.25, -0.2) is 0 Å². The Morgan fingerprint density at radius 1 is 0.458 bits per heavy atom. The first-order chi connectivity index (χ1) is 34.8. The predicted octanol–water partition coefficient (Wildman–Crippen LogP) is 25.9. The lowest BCUT2D eigenvalue weighted by molar-refractivity contribution is -0.187. The van der Waals surface area contributed by atoms with Crippen molar-refractivity contribution in [3.05, 3.63) is 24.3 Å². The van der Waals surface area contributed by atoms with Crippen molar-refractivity contribution < 1.29 is 0 Å². The zero-order valence-corrected chi connectivity index (χ0v) is 53.0. The van der Waals surface area contributed by atoms with Crippen LogP contribution in [0, 0.1) is 69.5 Å². The van der Waals surface area contributed by atoms with Crippen molar-refractivity contribution >= 4 is 0 Å². The second-order valence-electron chi connectivity index (χ2n) is 26.8. The summed E-state index contributed by atoms with van der Waals surface area (Å²) in [5.41, 5.74) is 1.90. The molecule has 11 atom stereocenters. The molecule has 4 saturated carbocycles. The topological polar surface area (TPSA) is 0 Å². The van der Waals surface area contributed by atoms with Gasteiger partial charge in [0.25, 0.3) is 0 Å². The maximum absolute atomic E-state index is 2.79. The summed E-state index contributed by atoms with van der Waals surface area (Å²) in [5.74, 6) is 8.76. The Bertz CT molecular complexity index is 1250. The molecule has 0 heteroatoms. The lowest BCUT2D eigenvalue weighted by atomic mass is 9.37. The lowest BCUT2D eigenvalue weighted by Crippen LogP contribution is -2.60. The van der Waals surface area contributed by atoms with Gasteiger partial charge < -0.3 is 0 Å². The molecule has 0 aromatic heterocycles. The quantitative estimate of drug-likeness (QED) is 0.0430. The molecule has 0 heterocycles. The van der Waals surface area contributed by atoms with Gasteiger partial charge in [0.2, 0.25) is 0 Å². The molecular weight excluding hydrogens is 865 g/mol. The lowest BCUT2D eigenvalue weighted by Gasteiger charge is -2.67. The molecule has 0 spiro atoms. The number of hydrogen-bond donors (Lipinski definition) is 0. The summed E-state index contributed by atoms with van der Waals surface area (Å²) < 4.78 is 0. The summed E-state index contributed by atoms with van der Waals surface area (Å²) in [5, 5.41) is 0. The molecule has 0 radical (unpaired) electrons. The Kier molecular flexibility index (Phi) is 41.0. The molecule has 0 aromatic carbocycles. The Hall–Kier alpha value is -0.520. The third-order valence-corrected chi connectivity index (χ3v) is 20.4. The van der Waals surface area contributed by atoms with Crippen LogP contribution in [0.15, 0.2) is 24.3 Å². The van der Waals surface area contributed by atoms with Gasteiger partial charge in [-0.1, -0.05) is 302 Å². The molecule has 0 amide bonds. The Morgan fingerprint density at radius 2 is 0.917 bits per heavy atom. The molecule has 72 heavy (non-hydrogen) atoms. The van der Waals surface area contributed by atoms with Gasteiger partial charge in [-0.3, -0.25) is 0 Å². The van der Waals surface area contributed by atoms with Crippen LogP contribution in [-0.2, 0) is 0 Å². The molecule has 0 N–H and O–H groups in total.